The zero-order valence-electron chi connectivity index (χ0n) is 14.2. The SMILES string of the molecule is COc1cc2nc(CN(C)c3ccc(F)cc3)[nH]c(=O)c2cc1OC. The van der Waals surface area contributed by atoms with Crippen molar-refractivity contribution < 1.29 is 13.9 Å². The molecule has 0 bridgehead atoms. The van der Waals surface area contributed by atoms with E-state index >= 15 is 0 Å². The Kier molecular flexibility index (Phi) is 4.56. The van der Waals surface area contributed by atoms with Gasteiger partial charge in [0.2, 0.25) is 0 Å². The van der Waals surface area contributed by atoms with Crippen molar-refractivity contribution in [1.82, 2.24) is 9.97 Å². The number of aromatic nitrogens is 2. The first-order valence-corrected chi connectivity index (χ1v) is 7.63. The minimum absolute atomic E-state index is 0.256. The van der Waals surface area contributed by atoms with E-state index in [1.54, 1.807) is 24.3 Å². The van der Waals surface area contributed by atoms with Crippen LogP contribution in [0.3, 0.4) is 0 Å². The molecule has 0 atom stereocenters. The highest BCUT2D eigenvalue weighted by Gasteiger charge is 2.12. The third kappa shape index (κ3) is 3.40. The Morgan fingerprint density at radius 3 is 2.40 bits per heavy atom. The number of hydrogen-bond acceptors (Lipinski definition) is 5. The van der Waals surface area contributed by atoms with Crippen LogP contribution in [0.15, 0.2) is 41.2 Å². The highest BCUT2D eigenvalue weighted by molar-refractivity contribution is 5.81. The van der Waals surface area contributed by atoms with Gasteiger partial charge >= 0.3 is 0 Å². The molecule has 130 valence electrons. The molecule has 1 aromatic heterocycles. The largest absolute Gasteiger partial charge is 0.493 e. The summed E-state index contributed by atoms with van der Waals surface area (Å²) in [7, 11) is 4.88. The van der Waals surface area contributed by atoms with Crippen molar-refractivity contribution in [2.24, 2.45) is 0 Å². The van der Waals surface area contributed by atoms with Gasteiger partial charge in [-0.25, -0.2) is 9.37 Å². The molecule has 0 saturated carbocycles. The summed E-state index contributed by atoms with van der Waals surface area (Å²) in [6.45, 7) is 0.366. The molecule has 7 heteroatoms. The molecule has 0 fully saturated rings. The molecule has 0 spiro atoms. The van der Waals surface area contributed by atoms with E-state index in [2.05, 4.69) is 9.97 Å². The van der Waals surface area contributed by atoms with Crippen LogP contribution >= 0.6 is 0 Å². The lowest BCUT2D eigenvalue weighted by Gasteiger charge is -2.18. The quantitative estimate of drug-likeness (QED) is 0.771. The van der Waals surface area contributed by atoms with Gasteiger partial charge in [0, 0.05) is 18.8 Å². The Bertz CT molecular complexity index is 954. The molecule has 3 rings (SSSR count). The number of fused-ring (bicyclic) bond motifs is 1. The average Bonchev–Trinajstić information content (AvgIpc) is 2.61. The number of ether oxygens (including phenoxy) is 2. The van der Waals surface area contributed by atoms with Crippen molar-refractivity contribution in [2.75, 3.05) is 26.2 Å². The number of halogens is 1. The fraction of sp³-hybridized carbons (Fsp3) is 0.222. The first-order chi connectivity index (χ1) is 12.0. The Hall–Kier alpha value is -3.09. The summed E-state index contributed by atoms with van der Waals surface area (Å²) >= 11 is 0. The summed E-state index contributed by atoms with van der Waals surface area (Å²) in [6, 6.07) is 9.39. The van der Waals surface area contributed by atoms with Crippen molar-refractivity contribution in [3.05, 3.63) is 58.4 Å². The first kappa shape index (κ1) is 16.8. The molecule has 1 N–H and O–H groups in total. The smallest absolute Gasteiger partial charge is 0.258 e. The highest BCUT2D eigenvalue weighted by Crippen LogP contribution is 2.30. The van der Waals surface area contributed by atoms with Gasteiger partial charge in [0.25, 0.3) is 5.56 Å². The van der Waals surface area contributed by atoms with Crippen molar-refractivity contribution in [1.29, 1.82) is 0 Å². The molecule has 0 aliphatic heterocycles. The topological polar surface area (TPSA) is 67.5 Å². The van der Waals surface area contributed by atoms with Crippen molar-refractivity contribution >= 4 is 16.6 Å². The van der Waals surface area contributed by atoms with Crippen LogP contribution in [0.1, 0.15) is 5.82 Å². The average molecular weight is 343 g/mol. The fourth-order valence-electron chi connectivity index (χ4n) is 2.60. The zero-order chi connectivity index (χ0) is 18.0. The van der Waals surface area contributed by atoms with Crippen LogP contribution in [0, 0.1) is 5.82 Å². The third-order valence-corrected chi connectivity index (χ3v) is 3.91. The predicted octanol–water partition coefficient (Wildman–Crippen LogP) is 2.72. The summed E-state index contributed by atoms with van der Waals surface area (Å²) in [6.07, 6.45) is 0. The molecule has 6 nitrogen and oxygen atoms in total. The lowest BCUT2D eigenvalue weighted by molar-refractivity contribution is 0.355. The number of hydrogen-bond donors (Lipinski definition) is 1. The maximum absolute atomic E-state index is 13.0. The van der Waals surface area contributed by atoms with Gasteiger partial charge < -0.3 is 19.4 Å². The molecule has 0 saturated heterocycles. The van der Waals surface area contributed by atoms with E-state index < -0.39 is 0 Å². The molecule has 0 radical (unpaired) electrons. The van der Waals surface area contributed by atoms with Crippen LogP contribution in [0.5, 0.6) is 11.5 Å². The first-order valence-electron chi connectivity index (χ1n) is 7.63. The van der Waals surface area contributed by atoms with Crippen LogP contribution in [-0.4, -0.2) is 31.2 Å². The third-order valence-electron chi connectivity index (χ3n) is 3.91. The summed E-state index contributed by atoms with van der Waals surface area (Å²) in [5.41, 5.74) is 1.08. The molecule has 0 aliphatic carbocycles. The molecule has 25 heavy (non-hydrogen) atoms. The minimum Gasteiger partial charge on any atom is -0.493 e. The van der Waals surface area contributed by atoms with Crippen LogP contribution < -0.4 is 19.9 Å². The van der Waals surface area contributed by atoms with Crippen LogP contribution in [0.4, 0.5) is 10.1 Å². The lowest BCUT2D eigenvalue weighted by Crippen LogP contribution is -2.21. The van der Waals surface area contributed by atoms with Gasteiger partial charge in [0.15, 0.2) is 11.5 Å². The van der Waals surface area contributed by atoms with Gasteiger partial charge in [-0.3, -0.25) is 4.79 Å². The van der Waals surface area contributed by atoms with E-state index in [1.165, 1.54) is 26.4 Å². The number of H-pyrrole nitrogens is 1. The standard InChI is InChI=1S/C18H18FN3O3/c1-22(12-6-4-11(19)5-7-12)10-17-20-14-9-16(25-3)15(24-2)8-13(14)18(23)21-17/h4-9H,10H2,1-3H3,(H,20,21,23). The normalized spacial score (nSPS) is 10.7. The van der Waals surface area contributed by atoms with E-state index in [4.69, 9.17) is 9.47 Å². The molecule has 1 heterocycles. The number of nitrogens with zero attached hydrogens (tertiary/aromatic N) is 2. The van der Waals surface area contributed by atoms with Gasteiger partial charge in [0.05, 0.1) is 31.7 Å². The highest BCUT2D eigenvalue weighted by atomic mass is 19.1. The number of nitrogens with one attached hydrogen (secondary N) is 1. The van der Waals surface area contributed by atoms with Gasteiger partial charge in [-0.1, -0.05) is 0 Å². The van der Waals surface area contributed by atoms with Crippen molar-refractivity contribution in [3.8, 4) is 11.5 Å². The molecule has 3 aromatic rings. The molecule has 0 aliphatic rings. The Morgan fingerprint density at radius 1 is 1.12 bits per heavy atom. The lowest BCUT2D eigenvalue weighted by atomic mass is 10.2. The minimum atomic E-state index is -0.296. The molecular formula is C18H18FN3O3. The van der Waals surface area contributed by atoms with E-state index in [0.29, 0.717) is 34.8 Å². The second-order valence-corrected chi connectivity index (χ2v) is 5.57. The molecular weight excluding hydrogens is 325 g/mol. The number of methoxy groups -OCH3 is 2. The molecule has 0 unspecified atom stereocenters. The number of aromatic amines is 1. The van der Waals surface area contributed by atoms with E-state index in [0.717, 1.165) is 5.69 Å². The van der Waals surface area contributed by atoms with Crippen LogP contribution in [-0.2, 0) is 6.54 Å². The molecule has 0 amide bonds. The Labute approximate surface area is 143 Å². The number of benzene rings is 2. The van der Waals surface area contributed by atoms with E-state index in [1.807, 2.05) is 11.9 Å². The summed E-state index contributed by atoms with van der Waals surface area (Å²) in [5.74, 6) is 1.18. The maximum atomic E-state index is 13.0. The molecule has 2 aromatic carbocycles. The van der Waals surface area contributed by atoms with Crippen molar-refractivity contribution in [2.45, 2.75) is 6.54 Å². The fourth-order valence-corrected chi connectivity index (χ4v) is 2.60. The summed E-state index contributed by atoms with van der Waals surface area (Å²) in [5, 5.41) is 0.422. The van der Waals surface area contributed by atoms with Crippen molar-refractivity contribution in [3.63, 3.8) is 0 Å². The van der Waals surface area contributed by atoms with Crippen LogP contribution in [0.25, 0.3) is 10.9 Å². The second kappa shape index (κ2) is 6.80. The zero-order valence-corrected chi connectivity index (χ0v) is 14.2. The number of rotatable bonds is 5. The second-order valence-electron chi connectivity index (χ2n) is 5.57. The maximum Gasteiger partial charge on any atom is 0.258 e. The van der Waals surface area contributed by atoms with Gasteiger partial charge in [-0.05, 0) is 30.3 Å². The number of anilines is 1. The summed E-state index contributed by atoms with van der Waals surface area (Å²) in [4.78, 5) is 21.5. The van der Waals surface area contributed by atoms with E-state index in [-0.39, 0.29) is 11.4 Å². The predicted molar refractivity (Wildman–Crippen MR) is 94.0 cm³/mol. The van der Waals surface area contributed by atoms with Gasteiger partial charge in [-0.15, -0.1) is 0 Å². The van der Waals surface area contributed by atoms with Gasteiger partial charge in [0.1, 0.15) is 11.6 Å². The Morgan fingerprint density at radius 2 is 1.76 bits per heavy atom. The monoisotopic (exact) mass is 343 g/mol. The Balaban J connectivity index is 1.97. The summed E-state index contributed by atoms with van der Waals surface area (Å²) < 4.78 is 23.5. The van der Waals surface area contributed by atoms with Crippen LogP contribution in [0.2, 0.25) is 0 Å². The van der Waals surface area contributed by atoms with E-state index in [9.17, 15) is 9.18 Å². The van der Waals surface area contributed by atoms with Gasteiger partial charge in [-0.2, -0.15) is 0 Å².